The SMILES string of the molecule is Cc1nccc2c1c(=O)n(C)c1c(F)c(OCC(N)CC(C)C)c(Cl)cc21. The number of fused-ring (bicyclic) bond motifs is 3. The second-order valence-electron chi connectivity index (χ2n) is 7.28. The zero-order valence-corrected chi connectivity index (χ0v) is 16.6. The number of halogens is 2. The summed E-state index contributed by atoms with van der Waals surface area (Å²) in [5.41, 5.74) is 6.45. The molecule has 3 aromatic rings. The van der Waals surface area contributed by atoms with Gasteiger partial charge in [0.25, 0.3) is 5.56 Å². The third-order valence-corrected chi connectivity index (χ3v) is 4.93. The van der Waals surface area contributed by atoms with Crippen LogP contribution in [0.3, 0.4) is 0 Å². The van der Waals surface area contributed by atoms with Gasteiger partial charge in [-0.05, 0) is 31.4 Å². The van der Waals surface area contributed by atoms with Gasteiger partial charge in [0.15, 0.2) is 11.6 Å². The monoisotopic (exact) mass is 391 g/mol. The van der Waals surface area contributed by atoms with Gasteiger partial charge in [0, 0.05) is 30.1 Å². The van der Waals surface area contributed by atoms with E-state index >= 15 is 4.39 Å². The maximum atomic E-state index is 15.3. The standard InChI is InChI=1S/C20H23ClFN3O2/c1-10(2)7-12(23)9-27-19-15(21)8-14-13-5-6-24-11(3)16(13)20(26)25(4)18(14)17(19)22/h5-6,8,10,12H,7,9,23H2,1-4H3. The average Bonchev–Trinajstić information content (AvgIpc) is 2.58. The van der Waals surface area contributed by atoms with Crippen LogP contribution in [0.25, 0.3) is 21.7 Å². The number of ether oxygens (including phenoxy) is 1. The van der Waals surface area contributed by atoms with Crippen molar-refractivity contribution in [3.05, 3.63) is 45.2 Å². The molecule has 2 heterocycles. The summed E-state index contributed by atoms with van der Waals surface area (Å²) >= 11 is 6.32. The number of hydrogen-bond donors (Lipinski definition) is 1. The van der Waals surface area contributed by atoms with Gasteiger partial charge >= 0.3 is 0 Å². The number of aromatic nitrogens is 2. The van der Waals surface area contributed by atoms with Gasteiger partial charge in [-0.3, -0.25) is 9.78 Å². The first kappa shape index (κ1) is 19.6. The van der Waals surface area contributed by atoms with Crippen molar-refractivity contribution in [1.82, 2.24) is 9.55 Å². The molecular weight excluding hydrogens is 369 g/mol. The zero-order chi connectivity index (χ0) is 19.9. The van der Waals surface area contributed by atoms with Crippen molar-refractivity contribution in [1.29, 1.82) is 0 Å². The van der Waals surface area contributed by atoms with Gasteiger partial charge in [-0.2, -0.15) is 0 Å². The topological polar surface area (TPSA) is 70.1 Å². The Hall–Kier alpha value is -2.18. The van der Waals surface area contributed by atoms with Gasteiger partial charge in [0.2, 0.25) is 0 Å². The van der Waals surface area contributed by atoms with Crippen LogP contribution in [-0.2, 0) is 7.05 Å². The summed E-state index contributed by atoms with van der Waals surface area (Å²) in [7, 11) is 1.53. The van der Waals surface area contributed by atoms with E-state index in [9.17, 15) is 4.79 Å². The van der Waals surface area contributed by atoms with Gasteiger partial charge in [0.05, 0.1) is 21.6 Å². The van der Waals surface area contributed by atoms with Gasteiger partial charge in [-0.1, -0.05) is 25.4 Å². The minimum Gasteiger partial charge on any atom is -0.487 e. The molecule has 0 saturated carbocycles. The van der Waals surface area contributed by atoms with Gasteiger partial charge in [0.1, 0.15) is 6.61 Å². The van der Waals surface area contributed by atoms with Gasteiger partial charge in [-0.15, -0.1) is 0 Å². The summed E-state index contributed by atoms with van der Waals surface area (Å²) in [4.78, 5) is 16.9. The smallest absolute Gasteiger partial charge is 0.260 e. The van der Waals surface area contributed by atoms with Crippen LogP contribution in [0.15, 0.2) is 23.1 Å². The Morgan fingerprint density at radius 3 is 2.74 bits per heavy atom. The lowest BCUT2D eigenvalue weighted by atomic mass is 10.0. The van der Waals surface area contributed by atoms with Gasteiger partial charge < -0.3 is 15.0 Å². The highest BCUT2D eigenvalue weighted by Gasteiger charge is 2.21. The predicted molar refractivity (Wildman–Crippen MR) is 107 cm³/mol. The quantitative estimate of drug-likeness (QED) is 0.669. The van der Waals surface area contributed by atoms with Crippen molar-refractivity contribution in [2.75, 3.05) is 6.61 Å². The molecule has 0 aliphatic heterocycles. The largest absolute Gasteiger partial charge is 0.487 e. The second-order valence-corrected chi connectivity index (χ2v) is 7.69. The summed E-state index contributed by atoms with van der Waals surface area (Å²) in [6.07, 6.45) is 2.35. The summed E-state index contributed by atoms with van der Waals surface area (Å²) in [5.74, 6) is -0.335. The molecule has 0 spiro atoms. The molecule has 1 atom stereocenters. The van der Waals surface area contributed by atoms with Crippen LogP contribution in [0.4, 0.5) is 4.39 Å². The number of benzene rings is 1. The molecule has 144 valence electrons. The fraction of sp³-hybridized carbons (Fsp3) is 0.400. The van der Waals surface area contributed by atoms with Crippen LogP contribution in [0, 0.1) is 18.7 Å². The Labute approximate surface area is 161 Å². The van der Waals surface area contributed by atoms with Crippen molar-refractivity contribution in [3.8, 4) is 5.75 Å². The highest BCUT2D eigenvalue weighted by Crippen LogP contribution is 2.36. The third-order valence-electron chi connectivity index (χ3n) is 4.65. The summed E-state index contributed by atoms with van der Waals surface area (Å²) in [6, 6.07) is 3.09. The zero-order valence-electron chi connectivity index (χ0n) is 15.8. The molecule has 0 fully saturated rings. The number of rotatable bonds is 5. The van der Waals surface area contributed by atoms with E-state index in [0.29, 0.717) is 27.8 Å². The fourth-order valence-corrected chi connectivity index (χ4v) is 3.70. The Kier molecular flexibility index (Phi) is 5.40. The Morgan fingerprint density at radius 2 is 2.07 bits per heavy atom. The molecule has 7 heteroatoms. The minimum atomic E-state index is -0.662. The summed E-state index contributed by atoms with van der Waals surface area (Å²) in [5, 5.41) is 1.75. The molecule has 0 saturated heterocycles. The van der Waals surface area contributed by atoms with E-state index < -0.39 is 5.82 Å². The van der Waals surface area contributed by atoms with E-state index in [1.165, 1.54) is 11.6 Å². The molecule has 0 bridgehead atoms. The van der Waals surface area contributed by atoms with Gasteiger partial charge in [-0.25, -0.2) is 4.39 Å². The van der Waals surface area contributed by atoms with Crippen LogP contribution in [-0.4, -0.2) is 22.2 Å². The number of nitrogens with two attached hydrogens (primary N) is 1. The Bertz CT molecular complexity index is 1080. The maximum absolute atomic E-state index is 15.3. The number of nitrogens with zero attached hydrogens (tertiary/aromatic N) is 2. The fourth-order valence-electron chi connectivity index (χ4n) is 3.45. The van der Waals surface area contributed by atoms with Crippen LogP contribution in [0.5, 0.6) is 5.75 Å². The molecule has 0 aliphatic carbocycles. The highest BCUT2D eigenvalue weighted by molar-refractivity contribution is 6.33. The molecule has 27 heavy (non-hydrogen) atoms. The predicted octanol–water partition coefficient (Wildman–Crippen LogP) is 3.94. The summed E-state index contributed by atoms with van der Waals surface area (Å²) in [6.45, 7) is 6.01. The molecule has 1 aromatic carbocycles. The molecular formula is C20H23ClFN3O2. The van der Waals surface area contributed by atoms with E-state index in [1.807, 2.05) is 0 Å². The van der Waals surface area contributed by atoms with Crippen molar-refractivity contribution in [2.45, 2.75) is 33.2 Å². The molecule has 5 nitrogen and oxygen atoms in total. The van der Waals surface area contributed by atoms with E-state index in [2.05, 4.69) is 18.8 Å². The first-order valence-electron chi connectivity index (χ1n) is 8.86. The summed E-state index contributed by atoms with van der Waals surface area (Å²) < 4.78 is 22.2. The maximum Gasteiger partial charge on any atom is 0.260 e. The van der Waals surface area contributed by atoms with E-state index in [0.717, 1.165) is 6.42 Å². The highest BCUT2D eigenvalue weighted by atomic mass is 35.5. The second kappa shape index (κ2) is 7.44. The third kappa shape index (κ3) is 3.51. The van der Waals surface area contributed by atoms with Crippen LogP contribution >= 0.6 is 11.6 Å². The van der Waals surface area contributed by atoms with Crippen molar-refractivity contribution < 1.29 is 9.13 Å². The van der Waals surface area contributed by atoms with Crippen molar-refractivity contribution in [3.63, 3.8) is 0 Å². The normalized spacial score (nSPS) is 12.9. The lowest BCUT2D eigenvalue weighted by Crippen LogP contribution is -2.29. The van der Waals surface area contributed by atoms with E-state index in [-0.39, 0.29) is 34.5 Å². The molecule has 2 N–H and O–H groups in total. The molecule has 0 amide bonds. The van der Waals surface area contributed by atoms with E-state index in [1.54, 1.807) is 25.3 Å². The van der Waals surface area contributed by atoms with E-state index in [4.69, 9.17) is 22.1 Å². The van der Waals surface area contributed by atoms with Crippen molar-refractivity contribution in [2.24, 2.45) is 18.7 Å². The molecule has 2 aromatic heterocycles. The minimum absolute atomic E-state index is 0.0801. The molecule has 3 rings (SSSR count). The van der Waals surface area contributed by atoms with Crippen molar-refractivity contribution >= 4 is 33.3 Å². The Balaban J connectivity index is 2.18. The number of aryl methyl sites for hydroxylation is 2. The number of pyridine rings is 2. The first-order valence-corrected chi connectivity index (χ1v) is 9.24. The molecule has 1 unspecified atom stereocenters. The number of hydrogen-bond acceptors (Lipinski definition) is 4. The van der Waals surface area contributed by atoms with Crippen LogP contribution in [0.1, 0.15) is 26.0 Å². The molecule has 0 radical (unpaired) electrons. The average molecular weight is 392 g/mol. The van der Waals surface area contributed by atoms with Crippen LogP contribution in [0.2, 0.25) is 5.02 Å². The van der Waals surface area contributed by atoms with Crippen LogP contribution < -0.4 is 16.0 Å². The first-order chi connectivity index (χ1) is 12.7. The lowest BCUT2D eigenvalue weighted by molar-refractivity contribution is 0.261. The Morgan fingerprint density at radius 1 is 1.37 bits per heavy atom. The molecule has 0 aliphatic rings. The lowest BCUT2D eigenvalue weighted by Gasteiger charge is -2.18.